The first-order valence-electron chi connectivity index (χ1n) is 10.3. The molecule has 1 saturated heterocycles. The topological polar surface area (TPSA) is 34.0 Å². The summed E-state index contributed by atoms with van der Waals surface area (Å²) >= 11 is 5.89. The number of rotatable bonds is 6. The van der Waals surface area contributed by atoms with E-state index in [2.05, 4.69) is 60.7 Å². The quantitative estimate of drug-likeness (QED) is 0.663. The molecular weight excluding hydrogens is 396 g/mol. The normalized spacial score (nSPS) is 14.7. The molecule has 154 valence electrons. The zero-order chi connectivity index (χ0) is 20.8. The van der Waals surface area contributed by atoms with Gasteiger partial charge in [0.05, 0.1) is 26.2 Å². The molecule has 0 bridgehead atoms. The zero-order valence-electron chi connectivity index (χ0n) is 16.8. The van der Waals surface area contributed by atoms with Gasteiger partial charge in [-0.3, -0.25) is 4.79 Å². The van der Waals surface area contributed by atoms with E-state index in [0.29, 0.717) is 10.8 Å². The van der Waals surface area contributed by atoms with Gasteiger partial charge < -0.3 is 14.5 Å². The Kier molecular flexibility index (Phi) is 6.67. The van der Waals surface area contributed by atoms with Crippen molar-refractivity contribution in [2.45, 2.75) is 6.04 Å². The zero-order valence-corrected chi connectivity index (χ0v) is 17.6. The van der Waals surface area contributed by atoms with E-state index in [-0.39, 0.29) is 18.6 Å². The minimum atomic E-state index is 0.0278. The first-order chi connectivity index (χ1) is 14.7. The van der Waals surface area contributed by atoms with E-state index in [9.17, 15) is 4.79 Å². The van der Waals surface area contributed by atoms with Crippen LogP contribution in [0.4, 0.5) is 0 Å². The Morgan fingerprint density at radius 1 is 0.867 bits per heavy atom. The molecule has 1 heterocycles. The van der Waals surface area contributed by atoms with Crippen LogP contribution in [0, 0.1) is 0 Å². The Balaban J connectivity index is 1.38. The van der Waals surface area contributed by atoms with Crippen LogP contribution in [0.25, 0.3) is 0 Å². The Hall–Kier alpha value is -2.82. The first kappa shape index (κ1) is 20.5. The van der Waals surface area contributed by atoms with E-state index in [4.69, 9.17) is 16.3 Å². The van der Waals surface area contributed by atoms with Crippen molar-refractivity contribution in [2.24, 2.45) is 0 Å². The van der Waals surface area contributed by atoms with Gasteiger partial charge in [0.25, 0.3) is 5.91 Å². The van der Waals surface area contributed by atoms with Gasteiger partial charge in [-0.15, -0.1) is 0 Å². The number of nitrogens with one attached hydrogen (secondary N) is 1. The smallest absolute Gasteiger partial charge is 0.260 e. The van der Waals surface area contributed by atoms with Crippen molar-refractivity contribution in [1.29, 1.82) is 0 Å². The fraction of sp³-hybridized carbons (Fsp3) is 0.240. The van der Waals surface area contributed by atoms with Gasteiger partial charge in [0.15, 0.2) is 6.61 Å². The fourth-order valence-corrected chi connectivity index (χ4v) is 4.18. The summed E-state index contributed by atoms with van der Waals surface area (Å²) in [4.78, 5) is 16.0. The number of quaternary nitrogens is 1. The van der Waals surface area contributed by atoms with E-state index in [1.165, 1.54) is 16.0 Å². The molecule has 5 heteroatoms. The number of hydrogen-bond donors (Lipinski definition) is 1. The number of benzene rings is 3. The number of carbonyl (C=O) groups excluding carboxylic acids is 1. The maximum Gasteiger partial charge on any atom is 0.260 e. The second-order valence-corrected chi connectivity index (χ2v) is 7.97. The van der Waals surface area contributed by atoms with Crippen molar-refractivity contribution in [2.75, 3.05) is 32.8 Å². The van der Waals surface area contributed by atoms with Crippen LogP contribution in [0.3, 0.4) is 0 Å². The summed E-state index contributed by atoms with van der Waals surface area (Å²) in [6.07, 6.45) is 0. The van der Waals surface area contributed by atoms with Crippen LogP contribution in [0.2, 0.25) is 5.02 Å². The molecule has 1 N–H and O–H groups in total. The summed E-state index contributed by atoms with van der Waals surface area (Å²) in [5.41, 5.74) is 2.62. The third kappa shape index (κ3) is 5.02. The summed E-state index contributed by atoms with van der Waals surface area (Å²) in [6, 6.07) is 28.6. The standard InChI is InChI=1S/C25H25ClN2O2/c26-22-11-13-23(14-12-22)30-19-24(29)27-15-17-28(18-16-27)25(20-7-3-1-4-8-20)21-9-5-2-6-10-21/h1-14,25H,15-19H2/p+1. The third-order valence-corrected chi connectivity index (χ3v) is 5.86. The van der Waals surface area contributed by atoms with Gasteiger partial charge in [-0.05, 0) is 24.3 Å². The van der Waals surface area contributed by atoms with E-state index in [1.54, 1.807) is 24.3 Å². The van der Waals surface area contributed by atoms with Gasteiger partial charge >= 0.3 is 0 Å². The molecule has 3 aromatic carbocycles. The molecule has 4 rings (SSSR count). The van der Waals surface area contributed by atoms with Crippen LogP contribution in [-0.4, -0.2) is 43.6 Å². The molecule has 30 heavy (non-hydrogen) atoms. The second kappa shape index (κ2) is 9.79. The summed E-state index contributed by atoms with van der Waals surface area (Å²) in [5.74, 6) is 0.685. The van der Waals surface area contributed by atoms with Gasteiger partial charge in [-0.25, -0.2) is 0 Å². The molecule has 0 radical (unpaired) electrons. The molecule has 0 atom stereocenters. The van der Waals surface area contributed by atoms with Crippen molar-refractivity contribution >= 4 is 17.5 Å². The molecule has 1 aliphatic heterocycles. The maximum absolute atomic E-state index is 12.6. The number of halogens is 1. The molecule has 0 unspecified atom stereocenters. The molecule has 3 aromatic rings. The number of nitrogens with zero attached hydrogens (tertiary/aromatic N) is 1. The largest absolute Gasteiger partial charge is 0.484 e. The predicted molar refractivity (Wildman–Crippen MR) is 119 cm³/mol. The van der Waals surface area contributed by atoms with Crippen molar-refractivity contribution < 1.29 is 14.4 Å². The lowest BCUT2D eigenvalue weighted by Crippen LogP contribution is -3.15. The van der Waals surface area contributed by atoms with Gasteiger partial charge in [-0.2, -0.15) is 0 Å². The van der Waals surface area contributed by atoms with E-state index in [1.807, 2.05) is 4.90 Å². The number of carbonyl (C=O) groups is 1. The van der Waals surface area contributed by atoms with Gasteiger partial charge in [0, 0.05) is 16.1 Å². The average Bonchev–Trinajstić information content (AvgIpc) is 2.81. The molecule has 1 aliphatic rings. The summed E-state index contributed by atoms with van der Waals surface area (Å²) in [6.45, 7) is 3.32. The van der Waals surface area contributed by atoms with Crippen molar-refractivity contribution in [1.82, 2.24) is 4.90 Å². The highest BCUT2D eigenvalue weighted by Gasteiger charge is 2.31. The molecule has 0 saturated carbocycles. The first-order valence-corrected chi connectivity index (χ1v) is 10.7. The number of ether oxygens (including phenoxy) is 1. The third-order valence-electron chi connectivity index (χ3n) is 5.61. The summed E-state index contributed by atoms with van der Waals surface area (Å²) < 4.78 is 5.63. The van der Waals surface area contributed by atoms with Crippen LogP contribution < -0.4 is 9.64 Å². The highest BCUT2D eigenvalue weighted by Crippen LogP contribution is 2.19. The highest BCUT2D eigenvalue weighted by atomic mass is 35.5. The molecule has 0 aliphatic carbocycles. The molecule has 0 aromatic heterocycles. The average molecular weight is 422 g/mol. The Morgan fingerprint density at radius 2 is 1.40 bits per heavy atom. The van der Waals surface area contributed by atoms with Crippen molar-refractivity contribution in [3.63, 3.8) is 0 Å². The minimum Gasteiger partial charge on any atom is -0.484 e. The SMILES string of the molecule is O=C(COc1ccc(Cl)cc1)N1CC[NH+](C(c2ccccc2)c2ccccc2)CC1. The Morgan fingerprint density at radius 3 is 1.93 bits per heavy atom. The lowest BCUT2D eigenvalue weighted by molar-refractivity contribution is -0.929. The number of hydrogen-bond acceptors (Lipinski definition) is 2. The van der Waals surface area contributed by atoms with E-state index in [0.717, 1.165) is 26.2 Å². The summed E-state index contributed by atoms with van der Waals surface area (Å²) in [7, 11) is 0. The monoisotopic (exact) mass is 421 g/mol. The maximum atomic E-state index is 12.6. The van der Waals surface area contributed by atoms with Crippen LogP contribution in [0.5, 0.6) is 5.75 Å². The molecular formula is C25H26ClN2O2+. The van der Waals surface area contributed by atoms with Crippen LogP contribution in [0.1, 0.15) is 17.2 Å². The minimum absolute atomic E-state index is 0.0278. The van der Waals surface area contributed by atoms with E-state index >= 15 is 0 Å². The van der Waals surface area contributed by atoms with E-state index < -0.39 is 0 Å². The Bertz CT molecular complexity index is 900. The van der Waals surface area contributed by atoms with Gasteiger partial charge in [0.2, 0.25) is 0 Å². The molecule has 4 nitrogen and oxygen atoms in total. The predicted octanol–water partition coefficient (Wildman–Crippen LogP) is 3.24. The molecule has 1 fully saturated rings. The second-order valence-electron chi connectivity index (χ2n) is 7.54. The van der Waals surface area contributed by atoms with Crippen LogP contribution in [-0.2, 0) is 4.79 Å². The Labute approximate surface area is 182 Å². The highest BCUT2D eigenvalue weighted by molar-refractivity contribution is 6.30. The van der Waals surface area contributed by atoms with Gasteiger partial charge in [0.1, 0.15) is 11.8 Å². The lowest BCUT2D eigenvalue weighted by atomic mass is 9.96. The van der Waals surface area contributed by atoms with Crippen molar-refractivity contribution in [3.8, 4) is 5.75 Å². The van der Waals surface area contributed by atoms with Crippen LogP contribution in [0.15, 0.2) is 84.9 Å². The van der Waals surface area contributed by atoms with Crippen LogP contribution >= 0.6 is 11.6 Å². The van der Waals surface area contributed by atoms with Gasteiger partial charge in [-0.1, -0.05) is 72.3 Å². The molecule has 1 amide bonds. The number of amides is 1. The van der Waals surface area contributed by atoms with Crippen molar-refractivity contribution in [3.05, 3.63) is 101 Å². The fourth-order valence-electron chi connectivity index (χ4n) is 4.05. The molecule has 0 spiro atoms. The number of piperazine rings is 1. The summed E-state index contributed by atoms with van der Waals surface area (Å²) in [5, 5.41) is 0.652. The lowest BCUT2D eigenvalue weighted by Gasteiger charge is -2.37.